The molecule has 1 heteroatoms. The highest BCUT2D eigenvalue weighted by atomic mass is 15.2. The molecular formula is C14H27N. The zero-order valence-corrected chi connectivity index (χ0v) is 11.0. The second-order valence-corrected chi connectivity index (χ2v) is 7.29. The van der Waals surface area contributed by atoms with Gasteiger partial charge in [-0.2, -0.15) is 0 Å². The lowest BCUT2D eigenvalue weighted by Crippen LogP contribution is -2.28. The molecule has 2 rings (SSSR count). The van der Waals surface area contributed by atoms with Gasteiger partial charge in [0.15, 0.2) is 0 Å². The molecule has 0 N–H and O–H groups in total. The molecule has 2 aliphatic rings. The Morgan fingerprint density at radius 3 is 2.67 bits per heavy atom. The van der Waals surface area contributed by atoms with Gasteiger partial charge in [0.05, 0.1) is 0 Å². The minimum Gasteiger partial charge on any atom is -0.302 e. The largest absolute Gasteiger partial charge is 0.302 e. The third-order valence-corrected chi connectivity index (χ3v) is 4.53. The van der Waals surface area contributed by atoms with Crippen LogP contribution in [0.4, 0.5) is 0 Å². The van der Waals surface area contributed by atoms with Gasteiger partial charge in [-0.25, -0.2) is 0 Å². The van der Waals surface area contributed by atoms with E-state index in [1.807, 2.05) is 0 Å². The average molecular weight is 209 g/mol. The predicted octanol–water partition coefficient (Wildman–Crippen LogP) is 3.54. The highest BCUT2D eigenvalue weighted by Crippen LogP contribution is 2.48. The first-order chi connectivity index (χ1) is 6.89. The van der Waals surface area contributed by atoms with Gasteiger partial charge in [-0.3, -0.25) is 0 Å². The zero-order valence-electron chi connectivity index (χ0n) is 11.0. The summed E-state index contributed by atoms with van der Waals surface area (Å²) in [5.74, 6) is 1.01. The molecule has 0 aromatic heterocycles. The van der Waals surface area contributed by atoms with Crippen LogP contribution in [0.5, 0.6) is 0 Å². The average Bonchev–Trinajstić information content (AvgIpc) is 2.54. The van der Waals surface area contributed by atoms with Crippen LogP contribution >= 0.6 is 0 Å². The van der Waals surface area contributed by atoms with Crippen LogP contribution in [0, 0.1) is 16.7 Å². The molecule has 2 fully saturated rings. The minimum absolute atomic E-state index is 0.499. The highest BCUT2D eigenvalue weighted by Gasteiger charge is 2.45. The first kappa shape index (κ1) is 11.4. The monoisotopic (exact) mass is 209 g/mol. The van der Waals surface area contributed by atoms with Gasteiger partial charge < -0.3 is 4.90 Å². The lowest BCUT2D eigenvalue weighted by molar-refractivity contribution is 0.233. The molecule has 0 bridgehead atoms. The molecule has 88 valence electrons. The number of fused-ring (bicyclic) bond motifs is 1. The number of nitrogens with zero attached hydrogens (tertiary/aromatic N) is 1. The molecule has 0 radical (unpaired) electrons. The fourth-order valence-electron chi connectivity index (χ4n) is 3.38. The van der Waals surface area contributed by atoms with Gasteiger partial charge in [-0.1, -0.05) is 34.1 Å². The molecule has 0 aromatic rings. The topological polar surface area (TPSA) is 3.24 Å². The van der Waals surface area contributed by atoms with Gasteiger partial charge in [-0.15, -0.1) is 0 Å². The summed E-state index contributed by atoms with van der Waals surface area (Å²) < 4.78 is 0. The quantitative estimate of drug-likeness (QED) is 0.672. The second-order valence-electron chi connectivity index (χ2n) is 7.29. The van der Waals surface area contributed by atoms with Crippen LogP contribution in [-0.2, 0) is 0 Å². The summed E-state index contributed by atoms with van der Waals surface area (Å²) in [6.45, 7) is 13.6. The Labute approximate surface area is 95.2 Å². The second kappa shape index (κ2) is 3.76. The normalized spacial score (nSPS) is 37.2. The lowest BCUT2D eigenvalue weighted by Gasteiger charge is -2.25. The van der Waals surface area contributed by atoms with Gasteiger partial charge >= 0.3 is 0 Å². The summed E-state index contributed by atoms with van der Waals surface area (Å²) in [7, 11) is 0. The van der Waals surface area contributed by atoms with Crippen molar-refractivity contribution in [1.29, 1.82) is 0 Å². The van der Waals surface area contributed by atoms with E-state index in [0.717, 1.165) is 5.92 Å². The molecule has 0 unspecified atom stereocenters. The standard InChI is InChI=1S/C14H27N/c1-13(2,3)8-9-15-10-12-6-5-7-14(12,4)11-15/h12H,5-11H2,1-4H3/t12-,14+/m1/s1. The molecule has 1 heterocycles. The molecule has 0 aromatic carbocycles. The van der Waals surface area contributed by atoms with Gasteiger partial charge in [0, 0.05) is 13.1 Å². The first-order valence-corrected chi connectivity index (χ1v) is 6.61. The van der Waals surface area contributed by atoms with Crippen LogP contribution in [0.2, 0.25) is 0 Å². The van der Waals surface area contributed by atoms with Gasteiger partial charge in [0.1, 0.15) is 0 Å². The van der Waals surface area contributed by atoms with Crippen LogP contribution in [0.25, 0.3) is 0 Å². The van der Waals surface area contributed by atoms with Crippen LogP contribution < -0.4 is 0 Å². The van der Waals surface area contributed by atoms with E-state index in [9.17, 15) is 0 Å². The van der Waals surface area contributed by atoms with E-state index in [4.69, 9.17) is 0 Å². The van der Waals surface area contributed by atoms with Gasteiger partial charge in [0.2, 0.25) is 0 Å². The molecule has 15 heavy (non-hydrogen) atoms. The van der Waals surface area contributed by atoms with E-state index in [-0.39, 0.29) is 0 Å². The van der Waals surface area contributed by atoms with E-state index in [1.54, 1.807) is 0 Å². The third-order valence-electron chi connectivity index (χ3n) is 4.53. The van der Waals surface area contributed by atoms with Crippen LogP contribution in [0.1, 0.15) is 53.4 Å². The van der Waals surface area contributed by atoms with Crippen LogP contribution in [0.15, 0.2) is 0 Å². The first-order valence-electron chi connectivity index (χ1n) is 6.61. The molecule has 2 atom stereocenters. The Morgan fingerprint density at radius 1 is 1.33 bits per heavy atom. The maximum atomic E-state index is 2.72. The number of likely N-dealkylation sites (tertiary alicyclic amines) is 1. The van der Waals surface area contributed by atoms with Crippen molar-refractivity contribution >= 4 is 0 Å². The molecule has 1 aliphatic carbocycles. The Balaban J connectivity index is 1.83. The molecule has 1 saturated carbocycles. The van der Waals surface area contributed by atoms with Crippen LogP contribution in [0.3, 0.4) is 0 Å². The molecular weight excluding hydrogens is 182 g/mol. The SMILES string of the molecule is CC(C)(C)CCN1C[C@H]2CCC[C@@]2(C)C1. The van der Waals surface area contributed by atoms with Gasteiger partial charge in [-0.05, 0) is 42.6 Å². The van der Waals surface area contributed by atoms with E-state index in [2.05, 4.69) is 32.6 Å². The zero-order chi connectivity index (χ0) is 11.1. The summed E-state index contributed by atoms with van der Waals surface area (Å²) in [6.07, 6.45) is 5.79. The summed E-state index contributed by atoms with van der Waals surface area (Å²) in [5, 5.41) is 0. The Bertz CT molecular complexity index is 228. The number of rotatable bonds is 2. The Morgan fingerprint density at radius 2 is 2.07 bits per heavy atom. The number of hydrogen-bond donors (Lipinski definition) is 0. The summed E-state index contributed by atoms with van der Waals surface area (Å²) in [5.41, 5.74) is 1.18. The summed E-state index contributed by atoms with van der Waals surface area (Å²) >= 11 is 0. The highest BCUT2D eigenvalue weighted by molar-refractivity contribution is 4.97. The van der Waals surface area contributed by atoms with Crippen molar-refractivity contribution in [2.24, 2.45) is 16.7 Å². The van der Waals surface area contributed by atoms with Crippen molar-refractivity contribution in [2.75, 3.05) is 19.6 Å². The predicted molar refractivity (Wildman–Crippen MR) is 66.0 cm³/mol. The van der Waals surface area contributed by atoms with Crippen molar-refractivity contribution in [3.8, 4) is 0 Å². The van der Waals surface area contributed by atoms with Crippen molar-refractivity contribution in [2.45, 2.75) is 53.4 Å². The summed E-state index contributed by atoms with van der Waals surface area (Å²) in [4.78, 5) is 2.72. The molecule has 0 amide bonds. The van der Waals surface area contributed by atoms with Crippen LogP contribution in [-0.4, -0.2) is 24.5 Å². The fraction of sp³-hybridized carbons (Fsp3) is 1.00. The van der Waals surface area contributed by atoms with Crippen molar-refractivity contribution in [1.82, 2.24) is 4.90 Å². The maximum Gasteiger partial charge on any atom is 0.00386 e. The third kappa shape index (κ3) is 2.55. The Kier molecular flexibility index (Phi) is 2.87. The van der Waals surface area contributed by atoms with Crippen molar-refractivity contribution < 1.29 is 0 Å². The van der Waals surface area contributed by atoms with Gasteiger partial charge in [0.25, 0.3) is 0 Å². The van der Waals surface area contributed by atoms with Crippen molar-refractivity contribution in [3.63, 3.8) is 0 Å². The maximum absolute atomic E-state index is 2.72. The molecule has 1 saturated heterocycles. The fourth-order valence-corrected chi connectivity index (χ4v) is 3.38. The molecule has 1 aliphatic heterocycles. The van der Waals surface area contributed by atoms with E-state index in [0.29, 0.717) is 10.8 Å². The molecule has 0 spiro atoms. The Hall–Kier alpha value is -0.0400. The lowest BCUT2D eigenvalue weighted by atomic mass is 9.83. The smallest absolute Gasteiger partial charge is 0.00386 e. The van der Waals surface area contributed by atoms with E-state index < -0.39 is 0 Å². The summed E-state index contributed by atoms with van der Waals surface area (Å²) in [6, 6.07) is 0. The van der Waals surface area contributed by atoms with E-state index in [1.165, 1.54) is 45.3 Å². The molecule has 1 nitrogen and oxygen atoms in total. The minimum atomic E-state index is 0.499. The van der Waals surface area contributed by atoms with E-state index >= 15 is 0 Å². The number of hydrogen-bond acceptors (Lipinski definition) is 1. The van der Waals surface area contributed by atoms with Crippen molar-refractivity contribution in [3.05, 3.63) is 0 Å².